The van der Waals surface area contributed by atoms with Crippen LogP contribution in [0, 0.1) is 45.1 Å². The zero-order valence-corrected chi connectivity index (χ0v) is 52.0. The van der Waals surface area contributed by atoms with E-state index in [1.165, 1.54) is 24.3 Å². The van der Waals surface area contributed by atoms with Crippen molar-refractivity contribution in [2.24, 2.45) is 16.6 Å². The van der Waals surface area contributed by atoms with Gasteiger partial charge in [0.1, 0.15) is 39.1 Å². The third-order valence-corrected chi connectivity index (χ3v) is 16.2. The van der Waals surface area contributed by atoms with Gasteiger partial charge in [0.25, 0.3) is 0 Å². The summed E-state index contributed by atoms with van der Waals surface area (Å²) < 4.78 is 46.9. The number of para-hydroxylation sites is 2. The number of carbonyl (C=O) groups excluding carboxylic acids is 6. The second kappa shape index (κ2) is 26.5. The van der Waals surface area contributed by atoms with Gasteiger partial charge in [0.2, 0.25) is 35.1 Å². The van der Waals surface area contributed by atoms with E-state index in [4.69, 9.17) is 58.7 Å². The molecule has 0 spiro atoms. The Morgan fingerprint density at radius 3 is 1.35 bits per heavy atom. The number of nitrogens with zero attached hydrogens (tertiary/aromatic N) is 4. The minimum Gasteiger partial charge on any atom is -0.497 e. The number of nitriles is 2. The van der Waals surface area contributed by atoms with E-state index < -0.39 is 102 Å². The van der Waals surface area contributed by atoms with E-state index in [1.807, 2.05) is 72.8 Å². The zero-order chi connectivity index (χ0) is 66.7. The summed E-state index contributed by atoms with van der Waals surface area (Å²) in [6, 6.07) is 39.4. The molecule has 2 aliphatic heterocycles. The van der Waals surface area contributed by atoms with Crippen molar-refractivity contribution in [3.05, 3.63) is 205 Å². The van der Waals surface area contributed by atoms with Crippen LogP contribution in [0.4, 0.5) is 18.4 Å². The maximum atomic E-state index is 15.1. The fourth-order valence-electron chi connectivity index (χ4n) is 10.4. The van der Waals surface area contributed by atoms with Crippen molar-refractivity contribution in [3.8, 4) is 63.7 Å². The molecule has 2 aromatic heterocycles. The van der Waals surface area contributed by atoms with Crippen molar-refractivity contribution < 1.29 is 62.0 Å². The third kappa shape index (κ3) is 14.2. The van der Waals surface area contributed by atoms with Crippen LogP contribution in [0.3, 0.4) is 0 Å². The molecule has 23 heteroatoms. The van der Waals surface area contributed by atoms with Crippen LogP contribution in [0.25, 0.3) is 22.5 Å². The summed E-state index contributed by atoms with van der Waals surface area (Å²) in [6.45, 7) is 13.8. The summed E-state index contributed by atoms with van der Waals surface area (Å²) in [5, 5.41) is 43.8. The van der Waals surface area contributed by atoms with E-state index in [1.54, 1.807) is 111 Å². The van der Waals surface area contributed by atoms with E-state index >= 15 is 4.39 Å². The number of nitrogens with one attached hydrogen (secondary N) is 3. The Balaban J connectivity index is 0.000000197. The number of Topliss-reactive ketones (excluding diaryl/α,β-unsaturated/α-hetero) is 2. The number of aliphatic hydroxyl groups is 2. The number of nitrogens with two attached hydrogens (primary N) is 1. The molecule has 5 aromatic carbocycles. The van der Waals surface area contributed by atoms with Gasteiger partial charge in [-0.25, -0.2) is 28.3 Å². The number of imide groups is 2. The molecule has 0 saturated heterocycles. The molecule has 10 rings (SSSR count). The molecule has 0 fully saturated rings. The fourth-order valence-corrected chi connectivity index (χ4v) is 10.7. The molecule has 91 heavy (non-hydrogen) atoms. The molecule has 3 aliphatic rings. The number of ketones is 2. The number of hydrogen-bond acceptors (Lipinski definition) is 15. The van der Waals surface area contributed by atoms with E-state index in [2.05, 4.69) is 20.9 Å². The molecular weight excluding hydrogens is 1210 g/mol. The van der Waals surface area contributed by atoms with Crippen molar-refractivity contribution in [2.75, 3.05) is 7.11 Å². The van der Waals surface area contributed by atoms with Crippen molar-refractivity contribution in [2.45, 2.75) is 85.0 Å². The molecule has 466 valence electrons. The molecule has 19 nitrogen and oxygen atoms in total. The molecule has 7 aromatic rings. The van der Waals surface area contributed by atoms with Gasteiger partial charge in [-0.1, -0.05) is 148 Å². The quantitative estimate of drug-likeness (QED) is 0.0656. The predicted molar refractivity (Wildman–Crippen MR) is 332 cm³/mol. The van der Waals surface area contributed by atoms with E-state index in [9.17, 15) is 43.4 Å². The van der Waals surface area contributed by atoms with Crippen molar-refractivity contribution in [1.29, 1.82) is 10.5 Å². The maximum absolute atomic E-state index is 15.1. The second-order valence-corrected chi connectivity index (χ2v) is 24.1. The van der Waals surface area contributed by atoms with Crippen molar-refractivity contribution in [1.82, 2.24) is 25.9 Å². The molecule has 0 unspecified atom stereocenters. The van der Waals surface area contributed by atoms with E-state index in [0.717, 1.165) is 27.8 Å². The standard InChI is InChI=1S/C34H34FN3O5.C26H26FN3O4.C8Cl2N2O2/c1-33(2,31(39)38-32(40)36-19-20-9-15-23(42-5)16-10-20)28-24-7-6-8-26(35)29(24)43-30-25(28)17-18-27(37-30)21-11-13-22(14-12-21)34(3,4)41;1-25(2,23(31)30-24(28)32)20-16-6-5-7-18(27)21(16)34-22-17(20)12-13-19(29-22)14-8-10-15(11-9-14)26(3,4)33;9-5-6(10)8(14)4(2-12)3(1-11)7(5)13/h6-18,28,41H,19H2,1-5H3,(H2,36,38,39,40);5-13,20,33H,1-4H3,(H3,28,30,31,32);/t28-;20-;/m00./s1. The van der Waals surface area contributed by atoms with Gasteiger partial charge in [0.15, 0.2) is 23.1 Å². The van der Waals surface area contributed by atoms with Crippen molar-refractivity contribution >= 4 is 58.6 Å². The molecular formula is C68H60Cl2F2N8O11. The molecule has 0 radical (unpaired) electrons. The highest BCUT2D eigenvalue weighted by Gasteiger charge is 2.47. The number of methoxy groups -OCH3 is 1. The number of urea groups is 2. The van der Waals surface area contributed by atoms with Crippen LogP contribution in [0.1, 0.15) is 106 Å². The highest BCUT2D eigenvalue weighted by Crippen LogP contribution is 2.54. The summed E-state index contributed by atoms with van der Waals surface area (Å²) in [5.41, 5.74) is 6.88. The number of ether oxygens (including phenoxy) is 3. The Morgan fingerprint density at radius 1 is 0.593 bits per heavy atom. The van der Waals surface area contributed by atoms with Crippen LogP contribution in [0.5, 0.6) is 29.0 Å². The lowest BCUT2D eigenvalue weighted by Crippen LogP contribution is -2.48. The Bertz CT molecular complexity index is 4200. The van der Waals surface area contributed by atoms with Crippen LogP contribution in [-0.4, -0.2) is 62.7 Å². The number of amides is 6. The molecule has 0 bridgehead atoms. The second-order valence-electron chi connectivity index (χ2n) is 23.3. The SMILES string of the molecule is CC(C)(O)c1ccc(-c2ccc3c(n2)Oc2c(F)cccc2[C@@H]3C(C)(C)C(=O)NC(N)=O)cc1.COc1ccc(CNC(=O)NC(=O)C(C)(C)[C@@H]2c3ccc(-c4ccc(C(C)(C)O)cc4)nc3Oc3c(F)cccc32)cc1.N#CC1=C(C#N)C(=O)C(Cl)=C(Cl)C1=O. The molecule has 7 N–H and O–H groups in total. The number of aromatic nitrogens is 2. The predicted octanol–water partition coefficient (Wildman–Crippen LogP) is 12.2. The average Bonchev–Trinajstić information content (AvgIpc) is 0.763. The number of hydrogen-bond donors (Lipinski definition) is 6. The summed E-state index contributed by atoms with van der Waals surface area (Å²) in [7, 11) is 1.57. The molecule has 0 saturated carbocycles. The number of pyridine rings is 2. The Morgan fingerprint density at radius 2 is 0.989 bits per heavy atom. The molecule has 2 atom stereocenters. The summed E-state index contributed by atoms with van der Waals surface area (Å²) in [4.78, 5) is 82.4. The maximum Gasteiger partial charge on any atom is 0.321 e. The monoisotopic (exact) mass is 1270 g/mol. The lowest BCUT2D eigenvalue weighted by molar-refractivity contribution is -0.129. The first-order valence-corrected chi connectivity index (χ1v) is 28.7. The highest BCUT2D eigenvalue weighted by molar-refractivity contribution is 6.59. The number of fused-ring (bicyclic) bond motifs is 4. The number of benzene rings is 5. The molecule has 1 aliphatic carbocycles. The van der Waals surface area contributed by atoms with Gasteiger partial charge >= 0.3 is 12.1 Å². The minimum absolute atomic E-state index is 0.00754. The van der Waals surface area contributed by atoms with Crippen LogP contribution in [0.2, 0.25) is 0 Å². The largest absolute Gasteiger partial charge is 0.497 e. The van der Waals surface area contributed by atoms with Gasteiger partial charge in [-0.15, -0.1) is 0 Å². The lowest BCUT2D eigenvalue weighted by Gasteiger charge is -2.37. The van der Waals surface area contributed by atoms with Gasteiger partial charge in [-0.2, -0.15) is 10.5 Å². The van der Waals surface area contributed by atoms with Gasteiger partial charge in [-0.05, 0) is 80.8 Å². The summed E-state index contributed by atoms with van der Waals surface area (Å²) in [6.07, 6.45) is 0. The smallest absolute Gasteiger partial charge is 0.321 e. The number of allylic oxidation sites excluding steroid dienone is 4. The van der Waals surface area contributed by atoms with Crippen molar-refractivity contribution in [3.63, 3.8) is 0 Å². The Kier molecular flexibility index (Phi) is 19.5. The van der Waals surface area contributed by atoms with Crippen LogP contribution in [0.15, 0.2) is 155 Å². The van der Waals surface area contributed by atoms with Crippen LogP contribution >= 0.6 is 23.2 Å². The summed E-state index contributed by atoms with van der Waals surface area (Å²) in [5.74, 6) is -4.38. The van der Waals surface area contributed by atoms with E-state index in [0.29, 0.717) is 39.4 Å². The summed E-state index contributed by atoms with van der Waals surface area (Å²) >= 11 is 10.8. The zero-order valence-electron chi connectivity index (χ0n) is 50.5. The first-order chi connectivity index (χ1) is 42.8. The van der Waals surface area contributed by atoms with E-state index in [-0.39, 0.29) is 29.8 Å². The van der Waals surface area contributed by atoms with Gasteiger partial charge in [0, 0.05) is 51.8 Å². The number of carbonyl (C=O) groups is 6. The molecule has 4 heterocycles. The third-order valence-electron chi connectivity index (χ3n) is 15.4. The van der Waals surface area contributed by atoms with Gasteiger partial charge in [0.05, 0.1) is 40.5 Å². The topological polar surface area (TPSA) is 306 Å². The van der Waals surface area contributed by atoms with Crippen LogP contribution in [-0.2, 0) is 36.9 Å². The minimum atomic E-state index is -1.21. The number of halogens is 4. The number of rotatable bonds is 11. The fraction of sp³-hybridized carbons (Fsp3) is 0.235. The average molecular weight is 1270 g/mol. The van der Waals surface area contributed by atoms with Crippen LogP contribution < -0.4 is 35.9 Å². The first kappa shape index (κ1) is 66.8. The Hall–Kier alpha value is -10.2. The van der Waals surface area contributed by atoms with Gasteiger partial charge in [-0.3, -0.25) is 29.8 Å². The number of primary amides is 1. The normalized spacial score (nSPS) is 14.9. The molecule has 6 amide bonds. The first-order valence-electron chi connectivity index (χ1n) is 27.9. The highest BCUT2D eigenvalue weighted by atomic mass is 35.5. The lowest BCUT2D eigenvalue weighted by atomic mass is 9.69. The van der Waals surface area contributed by atoms with Gasteiger partial charge < -0.3 is 35.5 Å². The Labute approximate surface area is 532 Å².